The molecule has 1 unspecified atom stereocenters. The Morgan fingerprint density at radius 1 is 1.12 bits per heavy atom. The third-order valence-corrected chi connectivity index (χ3v) is 5.90. The van der Waals surface area contributed by atoms with Crippen molar-refractivity contribution in [1.29, 1.82) is 0 Å². The standard InChI is InChI=1S/C23H26FN3O7/c1-23(2,3)34-22(32)26-7-6-12(10-26)11-33-17-9-14-13(8-15(17)24)20(30)27(21(14)31)16-4-5-18(28)25-19(16)29/h8-9,12,16H,4-7,10-11H2,1-3H3,(H,25,28,29)/t12-,16?/m1/s1. The minimum absolute atomic E-state index is 0.00572. The second-order valence-electron chi connectivity index (χ2n) is 9.67. The molecule has 1 aromatic carbocycles. The van der Waals surface area contributed by atoms with Crippen molar-refractivity contribution in [3.05, 3.63) is 29.1 Å². The smallest absolute Gasteiger partial charge is 0.410 e. The highest BCUT2D eigenvalue weighted by molar-refractivity contribution is 6.23. The fourth-order valence-corrected chi connectivity index (χ4v) is 4.25. The molecular weight excluding hydrogens is 449 g/mol. The zero-order valence-electron chi connectivity index (χ0n) is 19.2. The second kappa shape index (κ2) is 8.69. The summed E-state index contributed by atoms with van der Waals surface area (Å²) in [4.78, 5) is 63.7. The van der Waals surface area contributed by atoms with Crippen LogP contribution in [0.1, 0.15) is 60.7 Å². The van der Waals surface area contributed by atoms with Crippen LogP contribution in [-0.4, -0.2) is 70.9 Å². The van der Waals surface area contributed by atoms with Gasteiger partial charge in [-0.05, 0) is 45.7 Å². The van der Waals surface area contributed by atoms with Crippen LogP contribution in [0.2, 0.25) is 0 Å². The number of hydrogen-bond acceptors (Lipinski definition) is 7. The zero-order chi connectivity index (χ0) is 24.8. The van der Waals surface area contributed by atoms with E-state index >= 15 is 0 Å². The van der Waals surface area contributed by atoms with E-state index in [9.17, 15) is 28.4 Å². The van der Waals surface area contributed by atoms with Gasteiger partial charge in [0, 0.05) is 25.4 Å². The lowest BCUT2D eigenvalue weighted by Gasteiger charge is -2.27. The summed E-state index contributed by atoms with van der Waals surface area (Å²) >= 11 is 0. The van der Waals surface area contributed by atoms with Crippen molar-refractivity contribution in [2.24, 2.45) is 5.92 Å². The molecule has 3 heterocycles. The molecule has 182 valence electrons. The maximum Gasteiger partial charge on any atom is 0.410 e. The molecule has 10 nitrogen and oxygen atoms in total. The lowest BCUT2D eigenvalue weighted by atomic mass is 10.0. The van der Waals surface area contributed by atoms with Gasteiger partial charge in [-0.15, -0.1) is 0 Å². The molecule has 2 atom stereocenters. The fraction of sp³-hybridized carbons (Fsp3) is 0.522. The summed E-state index contributed by atoms with van der Waals surface area (Å²) in [6.07, 6.45) is 0.231. The van der Waals surface area contributed by atoms with E-state index in [-0.39, 0.29) is 42.2 Å². The molecule has 11 heteroatoms. The number of halogens is 1. The molecule has 0 spiro atoms. The molecule has 0 saturated carbocycles. The van der Waals surface area contributed by atoms with E-state index in [2.05, 4.69) is 5.32 Å². The number of benzene rings is 1. The number of carbonyl (C=O) groups excluding carboxylic acids is 5. The molecular formula is C23H26FN3O7. The summed E-state index contributed by atoms with van der Waals surface area (Å²) in [6.45, 7) is 6.34. The molecule has 5 amide bonds. The predicted molar refractivity (Wildman–Crippen MR) is 114 cm³/mol. The van der Waals surface area contributed by atoms with Crippen molar-refractivity contribution in [1.82, 2.24) is 15.1 Å². The van der Waals surface area contributed by atoms with Crippen LogP contribution in [0.3, 0.4) is 0 Å². The van der Waals surface area contributed by atoms with Crippen molar-refractivity contribution in [3.63, 3.8) is 0 Å². The highest BCUT2D eigenvalue weighted by Crippen LogP contribution is 2.32. The number of ether oxygens (including phenoxy) is 2. The molecule has 2 fully saturated rings. The van der Waals surface area contributed by atoms with Crippen LogP contribution >= 0.6 is 0 Å². The van der Waals surface area contributed by atoms with Gasteiger partial charge in [-0.25, -0.2) is 9.18 Å². The van der Waals surface area contributed by atoms with Crippen LogP contribution in [0.25, 0.3) is 0 Å². The number of likely N-dealkylation sites (tertiary alicyclic amines) is 1. The molecule has 3 aliphatic rings. The molecule has 4 rings (SSSR count). The lowest BCUT2D eigenvalue weighted by molar-refractivity contribution is -0.136. The van der Waals surface area contributed by atoms with E-state index in [1.807, 2.05) is 0 Å². The number of rotatable bonds is 4. The van der Waals surface area contributed by atoms with Crippen molar-refractivity contribution in [2.45, 2.75) is 51.7 Å². The van der Waals surface area contributed by atoms with Gasteiger partial charge < -0.3 is 14.4 Å². The molecule has 0 radical (unpaired) electrons. The molecule has 1 aromatic rings. The third-order valence-electron chi connectivity index (χ3n) is 5.90. The van der Waals surface area contributed by atoms with Gasteiger partial charge >= 0.3 is 6.09 Å². The molecule has 34 heavy (non-hydrogen) atoms. The van der Waals surface area contributed by atoms with Gasteiger partial charge in [0.05, 0.1) is 17.7 Å². The Balaban J connectivity index is 1.42. The van der Waals surface area contributed by atoms with Crippen LogP contribution in [0.15, 0.2) is 12.1 Å². The van der Waals surface area contributed by atoms with E-state index in [1.165, 1.54) is 0 Å². The largest absolute Gasteiger partial charge is 0.490 e. The van der Waals surface area contributed by atoms with E-state index < -0.39 is 47.2 Å². The van der Waals surface area contributed by atoms with E-state index in [4.69, 9.17) is 9.47 Å². The van der Waals surface area contributed by atoms with E-state index in [0.717, 1.165) is 17.0 Å². The molecule has 0 aromatic heterocycles. The first kappa shape index (κ1) is 23.7. The summed E-state index contributed by atoms with van der Waals surface area (Å²) in [6, 6.07) is 0.963. The maximum atomic E-state index is 14.7. The Labute approximate surface area is 195 Å². The first-order valence-electron chi connectivity index (χ1n) is 11.1. The third kappa shape index (κ3) is 4.59. The number of piperidine rings is 1. The number of fused-ring (bicyclic) bond motifs is 1. The van der Waals surface area contributed by atoms with Crippen LogP contribution in [0.5, 0.6) is 5.75 Å². The average molecular weight is 475 g/mol. The van der Waals surface area contributed by atoms with Crippen LogP contribution in [-0.2, 0) is 14.3 Å². The van der Waals surface area contributed by atoms with Crippen molar-refractivity contribution < 1.29 is 37.8 Å². The Morgan fingerprint density at radius 3 is 2.44 bits per heavy atom. The van der Waals surface area contributed by atoms with Gasteiger partial charge in [0.25, 0.3) is 11.8 Å². The number of nitrogens with zero attached hydrogens (tertiary/aromatic N) is 2. The summed E-state index contributed by atoms with van der Waals surface area (Å²) < 4.78 is 25.7. The van der Waals surface area contributed by atoms with Crippen LogP contribution in [0, 0.1) is 11.7 Å². The van der Waals surface area contributed by atoms with Gasteiger partial charge in [0.15, 0.2) is 11.6 Å². The first-order chi connectivity index (χ1) is 15.9. The maximum absolute atomic E-state index is 14.7. The SMILES string of the molecule is CC(C)(C)OC(=O)N1CC[C@@H](COc2cc3c(cc2F)C(=O)N(C2CCC(=O)NC2=O)C3=O)C1. The first-order valence-corrected chi connectivity index (χ1v) is 11.1. The fourth-order valence-electron chi connectivity index (χ4n) is 4.25. The monoisotopic (exact) mass is 475 g/mol. The van der Waals surface area contributed by atoms with Gasteiger partial charge in [0.2, 0.25) is 11.8 Å². The molecule has 1 N–H and O–H groups in total. The molecule has 3 aliphatic heterocycles. The lowest BCUT2D eigenvalue weighted by Crippen LogP contribution is -2.54. The molecule has 0 aliphatic carbocycles. The Morgan fingerprint density at radius 2 is 1.79 bits per heavy atom. The Kier molecular flexibility index (Phi) is 6.05. The van der Waals surface area contributed by atoms with Gasteiger partial charge in [-0.1, -0.05) is 0 Å². The van der Waals surface area contributed by atoms with E-state index in [0.29, 0.717) is 19.5 Å². The van der Waals surface area contributed by atoms with Crippen LogP contribution < -0.4 is 10.1 Å². The molecule has 0 bridgehead atoms. The quantitative estimate of drug-likeness (QED) is 0.660. The van der Waals surface area contributed by atoms with Crippen molar-refractivity contribution >= 4 is 29.7 Å². The highest BCUT2D eigenvalue weighted by Gasteiger charge is 2.45. The van der Waals surface area contributed by atoms with Crippen molar-refractivity contribution in [2.75, 3.05) is 19.7 Å². The summed E-state index contributed by atoms with van der Waals surface area (Å²) in [5.74, 6) is -3.81. The summed E-state index contributed by atoms with van der Waals surface area (Å²) in [5, 5.41) is 2.11. The predicted octanol–water partition coefficient (Wildman–Crippen LogP) is 1.86. The normalized spacial score (nSPS) is 22.7. The van der Waals surface area contributed by atoms with Crippen LogP contribution in [0.4, 0.5) is 9.18 Å². The highest BCUT2D eigenvalue weighted by atomic mass is 19.1. The topological polar surface area (TPSA) is 122 Å². The van der Waals surface area contributed by atoms with Gasteiger partial charge in [-0.2, -0.15) is 0 Å². The number of amides is 5. The van der Waals surface area contributed by atoms with E-state index in [1.54, 1.807) is 25.7 Å². The summed E-state index contributed by atoms with van der Waals surface area (Å²) in [5.41, 5.74) is -0.824. The average Bonchev–Trinajstić information content (AvgIpc) is 3.30. The number of nitrogens with one attached hydrogen (secondary N) is 1. The summed E-state index contributed by atoms with van der Waals surface area (Å²) in [7, 11) is 0. The zero-order valence-corrected chi connectivity index (χ0v) is 19.2. The second-order valence-corrected chi connectivity index (χ2v) is 9.67. The number of hydrogen-bond donors (Lipinski definition) is 1. The van der Waals surface area contributed by atoms with Gasteiger partial charge in [-0.3, -0.25) is 29.4 Å². The Hall–Kier alpha value is -3.50. The minimum Gasteiger partial charge on any atom is -0.490 e. The molecule has 2 saturated heterocycles. The minimum atomic E-state index is -1.13. The number of imide groups is 2. The van der Waals surface area contributed by atoms with Gasteiger partial charge in [0.1, 0.15) is 11.6 Å². The Bertz CT molecular complexity index is 1080. The number of carbonyl (C=O) groups is 5. The van der Waals surface area contributed by atoms with Crippen molar-refractivity contribution in [3.8, 4) is 5.75 Å².